The Morgan fingerprint density at radius 3 is 1.12 bits per heavy atom. The third-order valence-corrected chi connectivity index (χ3v) is 11.3. The van der Waals surface area contributed by atoms with Gasteiger partial charge in [0, 0.05) is 16.5 Å². The average molecular weight is 797 g/mol. The first-order valence-corrected chi connectivity index (χ1v) is 19.9. The molecule has 0 saturated carbocycles. The Morgan fingerprint density at radius 1 is 0.424 bits per heavy atom. The molecule has 1 spiro atoms. The molecule has 2 aliphatic rings. The van der Waals surface area contributed by atoms with E-state index in [2.05, 4.69) is 39.8 Å². The van der Waals surface area contributed by atoms with E-state index in [1.165, 1.54) is 11.1 Å². The lowest BCUT2D eigenvalue weighted by Gasteiger charge is -2.30. The van der Waals surface area contributed by atoms with Crippen molar-refractivity contribution in [2.24, 2.45) is 0 Å². The molecule has 0 fully saturated rings. The molecule has 2 aliphatic carbocycles. The van der Waals surface area contributed by atoms with Crippen molar-refractivity contribution < 1.29 is 42.8 Å². The van der Waals surface area contributed by atoms with Crippen LogP contribution < -0.4 is 28.4 Å². The minimum Gasteiger partial charge on any atom is -0.395 e. The van der Waals surface area contributed by atoms with Crippen LogP contribution in [0.2, 0.25) is 0 Å². The molecular formula is C50H52O9. The van der Waals surface area contributed by atoms with Crippen LogP contribution in [0.4, 0.5) is 14.4 Å². The first kappa shape index (κ1) is 41.1. The van der Waals surface area contributed by atoms with Crippen molar-refractivity contribution in [1.82, 2.24) is 0 Å². The molecule has 9 heteroatoms. The van der Waals surface area contributed by atoms with Crippen LogP contribution in [0.25, 0.3) is 0 Å². The molecule has 0 bridgehead atoms. The Hall–Kier alpha value is -6.09. The summed E-state index contributed by atoms with van der Waals surface area (Å²) >= 11 is 0. The van der Waals surface area contributed by atoms with Gasteiger partial charge in [-0.2, -0.15) is 0 Å². The fourth-order valence-corrected chi connectivity index (χ4v) is 8.92. The van der Waals surface area contributed by atoms with Crippen LogP contribution in [0.1, 0.15) is 115 Å². The van der Waals surface area contributed by atoms with E-state index in [1.807, 2.05) is 77.9 Å². The Morgan fingerprint density at radius 2 is 0.763 bits per heavy atom. The van der Waals surface area contributed by atoms with Gasteiger partial charge in [0.1, 0.15) is 34.5 Å². The molecule has 0 amide bonds. The second kappa shape index (κ2) is 14.9. The number of carbonyl (C=O) groups excluding carboxylic acids is 3. The molecule has 0 aliphatic heterocycles. The highest BCUT2D eigenvalue weighted by molar-refractivity contribution is 5.72. The third-order valence-electron chi connectivity index (χ3n) is 11.3. The third kappa shape index (κ3) is 8.42. The van der Waals surface area contributed by atoms with Crippen LogP contribution >= 0.6 is 0 Å². The van der Waals surface area contributed by atoms with Crippen LogP contribution in [0.15, 0.2) is 109 Å². The van der Waals surface area contributed by atoms with Gasteiger partial charge in [0.25, 0.3) is 0 Å². The maximum Gasteiger partial charge on any atom is 0.519 e. The molecule has 0 saturated heterocycles. The number of benzene rings is 5. The van der Waals surface area contributed by atoms with Crippen molar-refractivity contribution in [2.45, 2.75) is 109 Å². The van der Waals surface area contributed by atoms with Gasteiger partial charge in [0.2, 0.25) is 0 Å². The Labute approximate surface area is 346 Å². The molecule has 0 N–H and O–H groups in total. The molecule has 9 nitrogen and oxygen atoms in total. The van der Waals surface area contributed by atoms with Crippen molar-refractivity contribution in [3.63, 3.8) is 0 Å². The molecule has 5 aromatic rings. The molecule has 1 atom stereocenters. The van der Waals surface area contributed by atoms with Crippen LogP contribution in [0.5, 0.6) is 34.5 Å². The quantitative estimate of drug-likeness (QED) is 0.123. The topological polar surface area (TPSA) is 107 Å². The van der Waals surface area contributed by atoms with Gasteiger partial charge in [0.05, 0.1) is 0 Å². The summed E-state index contributed by atoms with van der Waals surface area (Å²) in [5.41, 5.74) is 4.06. The summed E-state index contributed by atoms with van der Waals surface area (Å²) in [6, 6.07) is 32.7. The summed E-state index contributed by atoms with van der Waals surface area (Å²) in [4.78, 5) is 39.2. The second-order valence-electron chi connectivity index (χ2n) is 19.0. The lowest BCUT2D eigenvalue weighted by atomic mass is 9.72. The van der Waals surface area contributed by atoms with Gasteiger partial charge in [-0.05, 0) is 117 Å². The monoisotopic (exact) mass is 796 g/mol. The highest BCUT2D eigenvalue weighted by atomic mass is 16.7. The predicted octanol–water partition coefficient (Wildman–Crippen LogP) is 12.7. The SMILES string of the molecule is CC(C)(C)c1cc(OC(=O)Oc2ccc3c(c2)C(C)(C)CC32CC(C)(C)c3cc(OC(=O)Oc4ccccc4)ccc32)c(C(C)(C)C)cc1OC(=O)Oc1ccccc1. The van der Waals surface area contributed by atoms with Gasteiger partial charge < -0.3 is 28.4 Å². The summed E-state index contributed by atoms with van der Waals surface area (Å²) in [5, 5.41) is 0. The van der Waals surface area contributed by atoms with E-state index in [9.17, 15) is 14.4 Å². The maximum atomic E-state index is 13.7. The molecule has 59 heavy (non-hydrogen) atoms. The Balaban J connectivity index is 1.13. The van der Waals surface area contributed by atoms with Crippen LogP contribution in [-0.4, -0.2) is 18.5 Å². The zero-order valence-electron chi connectivity index (χ0n) is 35.5. The summed E-state index contributed by atoms with van der Waals surface area (Å²) in [5.74, 6) is 2.18. The van der Waals surface area contributed by atoms with Crippen LogP contribution in [0, 0.1) is 0 Å². The van der Waals surface area contributed by atoms with Gasteiger partial charge in [-0.3, -0.25) is 0 Å². The van der Waals surface area contributed by atoms with Crippen molar-refractivity contribution in [2.75, 3.05) is 0 Å². The van der Waals surface area contributed by atoms with Gasteiger partial charge in [0.15, 0.2) is 0 Å². The lowest BCUT2D eigenvalue weighted by Crippen LogP contribution is -2.26. The minimum absolute atomic E-state index is 0.228. The minimum atomic E-state index is -0.886. The normalized spacial score (nSPS) is 17.4. The Kier molecular flexibility index (Phi) is 10.4. The van der Waals surface area contributed by atoms with Gasteiger partial charge in [-0.25, -0.2) is 14.4 Å². The predicted molar refractivity (Wildman–Crippen MR) is 226 cm³/mol. The molecule has 0 radical (unpaired) electrons. The molecule has 306 valence electrons. The zero-order valence-corrected chi connectivity index (χ0v) is 35.5. The lowest BCUT2D eigenvalue weighted by molar-refractivity contribution is 0.147. The van der Waals surface area contributed by atoms with E-state index >= 15 is 0 Å². The molecule has 0 aromatic heterocycles. The fraction of sp³-hybridized carbons (Fsp3) is 0.340. The zero-order chi connectivity index (χ0) is 42.5. The first-order valence-electron chi connectivity index (χ1n) is 19.9. The Bertz CT molecular complexity index is 2420. The summed E-state index contributed by atoms with van der Waals surface area (Å²) in [6.45, 7) is 20.8. The average Bonchev–Trinajstić information content (AvgIpc) is 3.50. The number of carbonyl (C=O) groups is 3. The molecule has 7 rings (SSSR count). The number of hydrogen-bond donors (Lipinski definition) is 0. The number of fused-ring (bicyclic) bond motifs is 4. The van der Waals surface area contributed by atoms with E-state index in [-0.39, 0.29) is 16.2 Å². The van der Waals surface area contributed by atoms with Crippen molar-refractivity contribution >= 4 is 18.5 Å². The molecule has 5 aromatic carbocycles. The second-order valence-corrected chi connectivity index (χ2v) is 19.0. The number of para-hydroxylation sites is 2. The summed E-state index contributed by atoms with van der Waals surface area (Å²) < 4.78 is 34.1. The number of ether oxygens (including phenoxy) is 6. The van der Waals surface area contributed by atoms with Crippen LogP contribution in [-0.2, 0) is 27.1 Å². The maximum absolute atomic E-state index is 13.7. The largest absolute Gasteiger partial charge is 0.519 e. The first-order chi connectivity index (χ1) is 27.6. The van der Waals surface area contributed by atoms with Crippen LogP contribution in [0.3, 0.4) is 0 Å². The standard InChI is InChI=1S/C50H52O9/c1-46(2,3)39-28-42(40(47(4,5)6)27-41(39)58-44(52)55-32-19-15-12-16-20-32)59-45(53)57-34-22-24-36-38(26-34)49(9,10)30-50(36)29-48(7,8)37-25-33(21-23-35(37)50)56-43(51)54-31-17-13-11-14-18-31/h11-28H,29-30H2,1-10H3. The molecular weight excluding hydrogens is 745 g/mol. The number of hydrogen-bond acceptors (Lipinski definition) is 9. The highest BCUT2D eigenvalue weighted by Crippen LogP contribution is 2.63. The highest BCUT2D eigenvalue weighted by Gasteiger charge is 2.56. The van der Waals surface area contributed by atoms with Gasteiger partial charge >= 0.3 is 18.5 Å². The van der Waals surface area contributed by atoms with E-state index < -0.39 is 29.3 Å². The van der Waals surface area contributed by atoms with E-state index in [4.69, 9.17) is 28.4 Å². The smallest absolute Gasteiger partial charge is 0.395 e. The number of rotatable bonds is 6. The van der Waals surface area contributed by atoms with Crippen molar-refractivity contribution in [3.8, 4) is 34.5 Å². The van der Waals surface area contributed by atoms with E-state index in [0.717, 1.165) is 24.0 Å². The van der Waals surface area contributed by atoms with E-state index in [1.54, 1.807) is 60.7 Å². The van der Waals surface area contributed by atoms with E-state index in [0.29, 0.717) is 45.6 Å². The van der Waals surface area contributed by atoms with Gasteiger partial charge in [-0.15, -0.1) is 0 Å². The summed E-state index contributed by atoms with van der Waals surface area (Å²) in [7, 11) is 0. The van der Waals surface area contributed by atoms with Crippen molar-refractivity contribution in [1.29, 1.82) is 0 Å². The molecule has 0 heterocycles. The van der Waals surface area contributed by atoms with Gasteiger partial charge in [-0.1, -0.05) is 118 Å². The summed E-state index contributed by atoms with van der Waals surface area (Å²) in [6.07, 6.45) is -0.865. The van der Waals surface area contributed by atoms with Crippen molar-refractivity contribution in [3.05, 3.63) is 143 Å². The molecule has 1 unspecified atom stereocenters. The fourth-order valence-electron chi connectivity index (χ4n) is 8.92.